The van der Waals surface area contributed by atoms with Crippen LogP contribution in [0.4, 0.5) is 0 Å². The molecule has 0 saturated carbocycles. The normalized spacial score (nSPS) is 10.8. The molecule has 1 heterocycles. The van der Waals surface area contributed by atoms with Crippen LogP contribution in [0.5, 0.6) is 17.2 Å². The molecular weight excluding hydrogens is 388 g/mol. The van der Waals surface area contributed by atoms with Gasteiger partial charge in [0.2, 0.25) is 11.2 Å². The van der Waals surface area contributed by atoms with Gasteiger partial charge in [-0.1, -0.05) is 26.0 Å². The van der Waals surface area contributed by atoms with E-state index in [2.05, 4.69) is 0 Å². The van der Waals surface area contributed by atoms with E-state index in [9.17, 15) is 9.59 Å². The molecule has 7 nitrogen and oxygen atoms in total. The number of hydrogen-bond donors (Lipinski definition) is 0. The zero-order valence-electron chi connectivity index (χ0n) is 17.4. The maximum atomic E-state index is 13.1. The Morgan fingerprint density at radius 3 is 2.47 bits per heavy atom. The Labute approximate surface area is 174 Å². The molecule has 0 fully saturated rings. The number of carbonyl (C=O) groups is 1. The molecule has 0 aliphatic rings. The van der Waals surface area contributed by atoms with Gasteiger partial charge in [-0.2, -0.15) is 0 Å². The molecule has 0 amide bonds. The second-order valence-corrected chi connectivity index (χ2v) is 7.02. The third-order valence-electron chi connectivity index (χ3n) is 4.31. The number of para-hydroxylation sites is 1. The van der Waals surface area contributed by atoms with Crippen molar-refractivity contribution in [1.29, 1.82) is 0 Å². The molecule has 0 unspecified atom stereocenters. The SMILES string of the molecule is COc1ccc(-c2oc3ccccc3c(=O)c2OCC(=O)OCC(C)C)cc1OC. The van der Waals surface area contributed by atoms with Gasteiger partial charge < -0.3 is 23.4 Å². The van der Waals surface area contributed by atoms with E-state index in [1.54, 1.807) is 42.5 Å². The molecule has 0 aliphatic carbocycles. The van der Waals surface area contributed by atoms with Gasteiger partial charge in [0, 0.05) is 5.56 Å². The molecule has 7 heteroatoms. The van der Waals surface area contributed by atoms with Gasteiger partial charge in [-0.05, 0) is 36.2 Å². The summed E-state index contributed by atoms with van der Waals surface area (Å²) in [7, 11) is 3.05. The minimum Gasteiger partial charge on any atom is -0.493 e. The molecule has 30 heavy (non-hydrogen) atoms. The van der Waals surface area contributed by atoms with E-state index in [0.29, 0.717) is 28.0 Å². The van der Waals surface area contributed by atoms with E-state index >= 15 is 0 Å². The molecule has 2 aromatic carbocycles. The topological polar surface area (TPSA) is 84.2 Å². The van der Waals surface area contributed by atoms with Crippen LogP contribution in [0, 0.1) is 5.92 Å². The second-order valence-electron chi connectivity index (χ2n) is 7.02. The van der Waals surface area contributed by atoms with Crippen molar-refractivity contribution in [2.45, 2.75) is 13.8 Å². The molecule has 0 bridgehead atoms. The Morgan fingerprint density at radius 2 is 1.77 bits per heavy atom. The molecule has 1 aromatic heterocycles. The van der Waals surface area contributed by atoms with Crippen molar-refractivity contribution in [2.75, 3.05) is 27.4 Å². The summed E-state index contributed by atoms with van der Waals surface area (Å²) in [4.78, 5) is 25.1. The second kappa shape index (κ2) is 9.35. The van der Waals surface area contributed by atoms with Gasteiger partial charge in [0.15, 0.2) is 23.9 Å². The lowest BCUT2D eigenvalue weighted by Crippen LogP contribution is -2.20. The number of ether oxygens (including phenoxy) is 4. The highest BCUT2D eigenvalue weighted by molar-refractivity contribution is 5.82. The van der Waals surface area contributed by atoms with Gasteiger partial charge in [-0.3, -0.25) is 4.79 Å². The van der Waals surface area contributed by atoms with Gasteiger partial charge in [0.25, 0.3) is 0 Å². The van der Waals surface area contributed by atoms with Gasteiger partial charge in [0.05, 0.1) is 26.2 Å². The first kappa shape index (κ1) is 21.2. The molecular formula is C23H24O7. The Bertz CT molecular complexity index is 1100. The van der Waals surface area contributed by atoms with Crippen molar-refractivity contribution in [3.05, 3.63) is 52.7 Å². The van der Waals surface area contributed by atoms with Gasteiger partial charge >= 0.3 is 5.97 Å². The van der Waals surface area contributed by atoms with E-state index in [4.69, 9.17) is 23.4 Å². The van der Waals surface area contributed by atoms with Crippen molar-refractivity contribution in [3.63, 3.8) is 0 Å². The molecule has 0 saturated heterocycles. The lowest BCUT2D eigenvalue weighted by molar-refractivity contribution is -0.147. The number of rotatable bonds is 8. The maximum Gasteiger partial charge on any atom is 0.344 e. The van der Waals surface area contributed by atoms with Crippen molar-refractivity contribution in [3.8, 4) is 28.6 Å². The minimum atomic E-state index is -0.561. The molecule has 0 aliphatic heterocycles. The number of benzene rings is 2. The molecule has 0 spiro atoms. The largest absolute Gasteiger partial charge is 0.493 e. The van der Waals surface area contributed by atoms with Crippen LogP contribution in [-0.4, -0.2) is 33.4 Å². The lowest BCUT2D eigenvalue weighted by Gasteiger charge is -2.13. The first-order chi connectivity index (χ1) is 14.4. The van der Waals surface area contributed by atoms with Crippen molar-refractivity contribution in [2.24, 2.45) is 5.92 Å². The highest BCUT2D eigenvalue weighted by atomic mass is 16.6. The van der Waals surface area contributed by atoms with Crippen LogP contribution >= 0.6 is 0 Å². The monoisotopic (exact) mass is 412 g/mol. The van der Waals surface area contributed by atoms with Gasteiger partial charge in [0.1, 0.15) is 5.58 Å². The van der Waals surface area contributed by atoms with Crippen LogP contribution in [0.3, 0.4) is 0 Å². The van der Waals surface area contributed by atoms with E-state index in [1.165, 1.54) is 14.2 Å². The van der Waals surface area contributed by atoms with E-state index in [0.717, 1.165) is 0 Å². The summed E-state index contributed by atoms with van der Waals surface area (Å²) < 4.78 is 27.3. The molecule has 0 radical (unpaired) electrons. The predicted octanol–water partition coefficient (Wildman–Crippen LogP) is 4.06. The van der Waals surface area contributed by atoms with Gasteiger partial charge in [-0.25, -0.2) is 4.79 Å². The highest BCUT2D eigenvalue weighted by Gasteiger charge is 2.20. The lowest BCUT2D eigenvalue weighted by atomic mass is 10.1. The van der Waals surface area contributed by atoms with Crippen LogP contribution in [-0.2, 0) is 9.53 Å². The fourth-order valence-electron chi connectivity index (χ4n) is 2.86. The predicted molar refractivity (Wildman–Crippen MR) is 112 cm³/mol. The first-order valence-corrected chi connectivity index (χ1v) is 9.51. The highest BCUT2D eigenvalue weighted by Crippen LogP contribution is 2.36. The number of esters is 1. The Balaban J connectivity index is 2.05. The zero-order valence-corrected chi connectivity index (χ0v) is 17.4. The first-order valence-electron chi connectivity index (χ1n) is 9.51. The smallest absolute Gasteiger partial charge is 0.344 e. The molecule has 3 aromatic rings. The fourth-order valence-corrected chi connectivity index (χ4v) is 2.86. The third kappa shape index (κ3) is 4.56. The standard InChI is InChI=1S/C23H24O7/c1-14(2)12-28-20(24)13-29-23-21(25)16-7-5-6-8-17(16)30-22(23)15-9-10-18(26-3)19(11-15)27-4/h5-11,14H,12-13H2,1-4H3. The van der Waals surface area contributed by atoms with Gasteiger partial charge in [-0.15, -0.1) is 0 Å². The summed E-state index contributed by atoms with van der Waals surface area (Å²) in [5.41, 5.74) is 0.571. The Kier molecular flexibility index (Phi) is 6.61. The number of hydrogen-bond acceptors (Lipinski definition) is 7. The number of carbonyl (C=O) groups excluding carboxylic acids is 1. The van der Waals surface area contributed by atoms with Crippen LogP contribution in [0.1, 0.15) is 13.8 Å². The summed E-state index contributed by atoms with van der Waals surface area (Å²) in [6.45, 7) is 3.73. The average Bonchev–Trinajstić information content (AvgIpc) is 2.76. The van der Waals surface area contributed by atoms with Crippen LogP contribution in [0.15, 0.2) is 51.7 Å². The van der Waals surface area contributed by atoms with E-state index < -0.39 is 12.6 Å². The number of fused-ring (bicyclic) bond motifs is 1. The van der Waals surface area contributed by atoms with Crippen LogP contribution in [0.2, 0.25) is 0 Å². The summed E-state index contributed by atoms with van der Waals surface area (Å²) in [6, 6.07) is 11.9. The molecule has 0 N–H and O–H groups in total. The van der Waals surface area contributed by atoms with Crippen molar-refractivity contribution in [1.82, 2.24) is 0 Å². The Hall–Kier alpha value is -3.48. The molecule has 3 rings (SSSR count). The maximum absolute atomic E-state index is 13.1. The van der Waals surface area contributed by atoms with Crippen molar-refractivity contribution >= 4 is 16.9 Å². The van der Waals surface area contributed by atoms with Crippen molar-refractivity contribution < 1.29 is 28.2 Å². The average molecular weight is 412 g/mol. The van der Waals surface area contributed by atoms with E-state index in [1.807, 2.05) is 13.8 Å². The molecule has 158 valence electrons. The summed E-state index contributed by atoms with van der Waals surface area (Å²) >= 11 is 0. The quantitative estimate of drug-likeness (QED) is 0.516. The third-order valence-corrected chi connectivity index (χ3v) is 4.31. The van der Waals surface area contributed by atoms with Crippen LogP contribution in [0.25, 0.3) is 22.3 Å². The Morgan fingerprint density at radius 1 is 1.03 bits per heavy atom. The number of methoxy groups -OCH3 is 2. The van der Waals surface area contributed by atoms with E-state index in [-0.39, 0.29) is 29.5 Å². The van der Waals surface area contributed by atoms with Crippen LogP contribution < -0.4 is 19.6 Å². The minimum absolute atomic E-state index is 0.0672. The summed E-state index contributed by atoms with van der Waals surface area (Å²) in [5.74, 6) is 0.757. The molecule has 0 atom stereocenters. The summed E-state index contributed by atoms with van der Waals surface area (Å²) in [6.07, 6.45) is 0. The summed E-state index contributed by atoms with van der Waals surface area (Å²) in [5, 5.41) is 0.354. The zero-order chi connectivity index (χ0) is 21.7. The fraction of sp³-hybridized carbons (Fsp3) is 0.304.